The third-order valence-electron chi connectivity index (χ3n) is 8.35. The van der Waals surface area contributed by atoms with Crippen LogP contribution in [0.25, 0.3) is 0 Å². The van der Waals surface area contributed by atoms with Gasteiger partial charge in [0.2, 0.25) is 5.91 Å². The van der Waals surface area contributed by atoms with Crippen molar-refractivity contribution < 1.29 is 9.22 Å². The van der Waals surface area contributed by atoms with E-state index >= 15 is 0 Å². The Labute approximate surface area is 238 Å². The second kappa shape index (κ2) is 13.6. The van der Waals surface area contributed by atoms with Gasteiger partial charge in [0.25, 0.3) is 0 Å². The number of hydrogen-bond acceptors (Lipinski definition) is 3. The second-order valence-corrected chi connectivity index (χ2v) is 17.1. The Balaban J connectivity index is 1.78. The average Bonchev–Trinajstić information content (AvgIpc) is 2.91. The predicted molar refractivity (Wildman–Crippen MR) is 166 cm³/mol. The Morgan fingerprint density at radius 3 is 1.67 bits per heavy atom. The van der Waals surface area contributed by atoms with Crippen LogP contribution in [0.15, 0.2) is 91.0 Å². The largest absolute Gasteiger partial charge is 0.408 e. The summed E-state index contributed by atoms with van der Waals surface area (Å²) in [6.45, 7) is 17.2. The van der Waals surface area contributed by atoms with Crippen molar-refractivity contribution in [3.05, 3.63) is 108 Å². The van der Waals surface area contributed by atoms with E-state index in [2.05, 4.69) is 125 Å². The molecule has 0 heterocycles. The number of hydrogen-bond donors (Lipinski definition) is 0. The molecule has 1 amide bonds. The molecule has 0 aliphatic rings. The van der Waals surface area contributed by atoms with Gasteiger partial charge < -0.3 is 9.33 Å². The Morgan fingerprint density at radius 2 is 1.23 bits per heavy atom. The molecule has 0 aromatic heterocycles. The first-order valence-corrected chi connectivity index (χ1v) is 17.1. The van der Waals surface area contributed by atoms with E-state index in [1.165, 1.54) is 11.1 Å². The van der Waals surface area contributed by atoms with E-state index in [4.69, 9.17) is 4.43 Å². The molecule has 3 atom stereocenters. The molecule has 0 bridgehead atoms. The molecule has 3 aromatic carbocycles. The van der Waals surface area contributed by atoms with Crippen molar-refractivity contribution in [3.8, 4) is 0 Å². The quantitative estimate of drug-likeness (QED) is 0.216. The molecule has 0 fully saturated rings. The van der Waals surface area contributed by atoms with Gasteiger partial charge in [-0.1, -0.05) is 112 Å². The van der Waals surface area contributed by atoms with Gasteiger partial charge in [-0.3, -0.25) is 9.69 Å². The SMILES string of the molecule is C[C@H](CC(=O)N(C)[C@@H](C)[C@@H](O[Si](C)(C)C(C)(C)C)c1ccccc1)N(Cc1ccccc1)Cc1ccccc1. The maximum atomic E-state index is 13.8. The summed E-state index contributed by atoms with van der Waals surface area (Å²) >= 11 is 0. The zero-order chi connectivity index (χ0) is 28.6. The monoisotopic (exact) mass is 544 g/mol. The van der Waals surface area contributed by atoms with Gasteiger partial charge in [0.15, 0.2) is 8.32 Å². The van der Waals surface area contributed by atoms with E-state index in [9.17, 15) is 4.79 Å². The van der Waals surface area contributed by atoms with E-state index in [0.717, 1.165) is 18.7 Å². The van der Waals surface area contributed by atoms with Gasteiger partial charge in [-0.25, -0.2) is 0 Å². The van der Waals surface area contributed by atoms with Gasteiger partial charge in [-0.05, 0) is 48.7 Å². The molecule has 4 nitrogen and oxygen atoms in total. The van der Waals surface area contributed by atoms with Gasteiger partial charge in [0.05, 0.1) is 12.1 Å². The fraction of sp³-hybridized carbons (Fsp3) is 0.441. The lowest BCUT2D eigenvalue weighted by atomic mass is 10.0. The maximum absolute atomic E-state index is 13.8. The molecular formula is C34H48N2O2Si. The van der Waals surface area contributed by atoms with Crippen LogP contribution in [0.3, 0.4) is 0 Å². The smallest absolute Gasteiger partial charge is 0.224 e. The van der Waals surface area contributed by atoms with Crippen molar-refractivity contribution in [2.24, 2.45) is 0 Å². The highest BCUT2D eigenvalue weighted by Gasteiger charge is 2.41. The predicted octanol–water partition coefficient (Wildman–Crippen LogP) is 8.08. The maximum Gasteiger partial charge on any atom is 0.224 e. The highest BCUT2D eigenvalue weighted by molar-refractivity contribution is 6.74. The number of nitrogens with zero attached hydrogens (tertiary/aromatic N) is 2. The van der Waals surface area contributed by atoms with Crippen molar-refractivity contribution in [1.29, 1.82) is 0 Å². The van der Waals surface area contributed by atoms with Gasteiger partial charge in [-0.15, -0.1) is 0 Å². The first-order valence-electron chi connectivity index (χ1n) is 14.2. The van der Waals surface area contributed by atoms with Crippen LogP contribution in [0.1, 0.15) is 63.8 Å². The molecule has 210 valence electrons. The molecular weight excluding hydrogens is 496 g/mol. The third-order valence-corrected chi connectivity index (χ3v) is 12.8. The van der Waals surface area contributed by atoms with Crippen LogP contribution < -0.4 is 0 Å². The number of benzene rings is 3. The van der Waals surface area contributed by atoms with Crippen molar-refractivity contribution in [2.75, 3.05) is 7.05 Å². The average molecular weight is 545 g/mol. The zero-order valence-electron chi connectivity index (χ0n) is 25.2. The summed E-state index contributed by atoms with van der Waals surface area (Å²) < 4.78 is 6.97. The minimum Gasteiger partial charge on any atom is -0.408 e. The molecule has 0 unspecified atom stereocenters. The van der Waals surface area contributed by atoms with Crippen LogP contribution in [0.4, 0.5) is 0 Å². The molecule has 0 radical (unpaired) electrons. The van der Waals surface area contributed by atoms with E-state index in [0.29, 0.717) is 6.42 Å². The third kappa shape index (κ3) is 8.63. The Bertz CT molecular complexity index is 1100. The fourth-order valence-corrected chi connectivity index (χ4v) is 5.86. The lowest BCUT2D eigenvalue weighted by Crippen LogP contribution is -2.48. The van der Waals surface area contributed by atoms with E-state index in [1.54, 1.807) is 0 Å². The highest BCUT2D eigenvalue weighted by atomic mass is 28.4. The number of carbonyl (C=O) groups excluding carboxylic acids is 1. The molecule has 0 spiro atoms. The second-order valence-electron chi connectivity index (χ2n) is 12.4. The highest BCUT2D eigenvalue weighted by Crippen LogP contribution is 2.41. The Morgan fingerprint density at radius 1 is 0.795 bits per heavy atom. The number of amides is 1. The zero-order valence-corrected chi connectivity index (χ0v) is 26.2. The van der Waals surface area contributed by atoms with Gasteiger partial charge >= 0.3 is 0 Å². The van der Waals surface area contributed by atoms with E-state index < -0.39 is 8.32 Å². The summed E-state index contributed by atoms with van der Waals surface area (Å²) in [6.07, 6.45) is 0.267. The van der Waals surface area contributed by atoms with E-state index in [-0.39, 0.29) is 29.1 Å². The van der Waals surface area contributed by atoms with Crippen LogP contribution >= 0.6 is 0 Å². The van der Waals surface area contributed by atoms with Crippen molar-refractivity contribution in [3.63, 3.8) is 0 Å². The van der Waals surface area contributed by atoms with Crippen molar-refractivity contribution in [2.45, 2.75) is 90.4 Å². The number of rotatable bonds is 12. The molecule has 3 aromatic rings. The first kappa shape index (κ1) is 30.8. The fourth-order valence-electron chi connectivity index (χ4n) is 4.54. The molecule has 39 heavy (non-hydrogen) atoms. The van der Waals surface area contributed by atoms with Gasteiger partial charge in [0.1, 0.15) is 0 Å². The summed E-state index contributed by atoms with van der Waals surface area (Å²) in [5.41, 5.74) is 3.63. The molecule has 0 aliphatic carbocycles. The number of likely N-dealkylation sites (N-methyl/N-ethyl adjacent to an activating group) is 1. The summed E-state index contributed by atoms with van der Waals surface area (Å²) in [5, 5.41) is 0.0756. The number of carbonyl (C=O) groups is 1. The molecule has 5 heteroatoms. The Kier molecular flexibility index (Phi) is 10.7. The normalized spacial score (nSPS) is 14.6. The molecule has 0 N–H and O–H groups in total. The molecule has 0 saturated heterocycles. The van der Waals surface area contributed by atoms with Crippen LogP contribution in [0, 0.1) is 0 Å². The first-order chi connectivity index (χ1) is 18.4. The van der Waals surface area contributed by atoms with Crippen molar-refractivity contribution in [1.82, 2.24) is 9.80 Å². The summed E-state index contributed by atoms with van der Waals surface area (Å²) in [5.74, 6) is 0.140. The van der Waals surface area contributed by atoms with Crippen LogP contribution in [-0.2, 0) is 22.3 Å². The molecule has 0 aliphatic heterocycles. The van der Waals surface area contributed by atoms with Crippen molar-refractivity contribution >= 4 is 14.2 Å². The summed E-state index contributed by atoms with van der Waals surface area (Å²) in [7, 11) is -0.143. The standard InChI is InChI=1S/C34H48N2O2Si/c1-27(36(25-29-18-12-9-13-19-29)26-30-20-14-10-15-21-30)24-32(37)35(6)28(2)33(31-22-16-11-17-23-31)38-39(7,8)34(3,4)5/h9-23,27-28,33H,24-26H2,1-8H3/t27-,28+,33-/m1/s1. The van der Waals surface area contributed by atoms with Crippen LogP contribution in [-0.4, -0.2) is 43.2 Å². The lowest BCUT2D eigenvalue weighted by molar-refractivity contribution is -0.135. The minimum atomic E-state index is -2.08. The lowest BCUT2D eigenvalue weighted by Gasteiger charge is -2.43. The van der Waals surface area contributed by atoms with Crippen LogP contribution in [0.2, 0.25) is 18.1 Å². The minimum absolute atomic E-state index is 0.0732. The summed E-state index contributed by atoms with van der Waals surface area (Å²) in [6, 6.07) is 31.4. The van der Waals surface area contributed by atoms with Gasteiger partial charge in [0, 0.05) is 32.6 Å². The molecule has 3 rings (SSSR count). The van der Waals surface area contributed by atoms with Crippen LogP contribution in [0.5, 0.6) is 0 Å². The summed E-state index contributed by atoms with van der Waals surface area (Å²) in [4.78, 5) is 18.1. The topological polar surface area (TPSA) is 32.8 Å². The Hall–Kier alpha value is -2.73. The van der Waals surface area contributed by atoms with E-state index in [1.807, 2.05) is 30.1 Å². The molecule has 0 saturated carbocycles. The van der Waals surface area contributed by atoms with Gasteiger partial charge in [-0.2, -0.15) is 0 Å².